The SMILES string of the molecule is CCSC1CCC(Nc2c([N+](=O)[O-])ccc(F)c2F)C1. The molecule has 0 saturated heterocycles. The molecule has 20 heavy (non-hydrogen) atoms. The van der Waals surface area contributed by atoms with Gasteiger partial charge in [-0.05, 0) is 31.1 Å². The summed E-state index contributed by atoms with van der Waals surface area (Å²) < 4.78 is 27.0. The Morgan fingerprint density at radius 3 is 2.85 bits per heavy atom. The molecule has 1 fully saturated rings. The van der Waals surface area contributed by atoms with E-state index in [1.54, 1.807) is 0 Å². The Hall–Kier alpha value is -1.37. The third kappa shape index (κ3) is 3.20. The van der Waals surface area contributed by atoms with Gasteiger partial charge >= 0.3 is 0 Å². The molecule has 1 N–H and O–H groups in total. The molecule has 1 aromatic rings. The minimum atomic E-state index is -1.18. The van der Waals surface area contributed by atoms with E-state index in [4.69, 9.17) is 0 Å². The summed E-state index contributed by atoms with van der Waals surface area (Å²) in [5.74, 6) is -1.24. The molecule has 4 nitrogen and oxygen atoms in total. The Morgan fingerprint density at radius 1 is 1.45 bits per heavy atom. The molecule has 0 amide bonds. The van der Waals surface area contributed by atoms with Crippen LogP contribution in [0.15, 0.2) is 12.1 Å². The van der Waals surface area contributed by atoms with E-state index in [9.17, 15) is 18.9 Å². The van der Waals surface area contributed by atoms with Crippen molar-refractivity contribution in [3.8, 4) is 0 Å². The normalized spacial score (nSPS) is 21.9. The highest BCUT2D eigenvalue weighted by Crippen LogP contribution is 2.35. The van der Waals surface area contributed by atoms with Gasteiger partial charge < -0.3 is 5.32 Å². The fourth-order valence-corrected chi connectivity index (χ4v) is 3.63. The number of hydrogen-bond donors (Lipinski definition) is 1. The van der Waals surface area contributed by atoms with Crippen LogP contribution in [-0.2, 0) is 0 Å². The number of thioether (sulfide) groups is 1. The maximum atomic E-state index is 13.8. The van der Waals surface area contributed by atoms with Crippen LogP contribution in [0.25, 0.3) is 0 Å². The van der Waals surface area contributed by atoms with Gasteiger partial charge in [0.1, 0.15) is 0 Å². The van der Waals surface area contributed by atoms with Crippen molar-refractivity contribution in [2.45, 2.75) is 37.5 Å². The van der Waals surface area contributed by atoms with Gasteiger partial charge in [0.15, 0.2) is 17.3 Å². The summed E-state index contributed by atoms with van der Waals surface area (Å²) >= 11 is 1.83. The molecule has 0 bridgehead atoms. The van der Waals surface area contributed by atoms with Crippen LogP contribution in [0.5, 0.6) is 0 Å². The van der Waals surface area contributed by atoms with E-state index >= 15 is 0 Å². The maximum Gasteiger partial charge on any atom is 0.295 e. The van der Waals surface area contributed by atoms with Crippen LogP contribution in [0.2, 0.25) is 0 Å². The van der Waals surface area contributed by atoms with Crippen molar-refractivity contribution in [1.82, 2.24) is 0 Å². The summed E-state index contributed by atoms with van der Waals surface area (Å²) in [6, 6.07) is 1.73. The third-order valence-corrected chi connectivity index (χ3v) is 4.64. The molecule has 110 valence electrons. The molecule has 0 heterocycles. The molecule has 0 radical (unpaired) electrons. The summed E-state index contributed by atoms with van der Waals surface area (Å²) in [6.07, 6.45) is 2.61. The van der Waals surface area contributed by atoms with Gasteiger partial charge in [0.25, 0.3) is 5.69 Å². The van der Waals surface area contributed by atoms with Crippen molar-refractivity contribution >= 4 is 23.1 Å². The number of anilines is 1. The zero-order valence-corrected chi connectivity index (χ0v) is 11.9. The summed E-state index contributed by atoms with van der Waals surface area (Å²) in [5.41, 5.74) is -0.752. The van der Waals surface area contributed by atoms with E-state index in [0.29, 0.717) is 5.25 Å². The lowest BCUT2D eigenvalue weighted by molar-refractivity contribution is -0.384. The lowest BCUT2D eigenvalue weighted by Gasteiger charge is -2.15. The highest BCUT2D eigenvalue weighted by Gasteiger charge is 2.29. The molecule has 2 atom stereocenters. The van der Waals surface area contributed by atoms with Gasteiger partial charge in [0, 0.05) is 17.4 Å². The first-order valence-electron chi connectivity index (χ1n) is 6.53. The van der Waals surface area contributed by atoms with Gasteiger partial charge in [-0.25, -0.2) is 8.78 Å². The standard InChI is InChI=1S/C13H16F2N2O2S/c1-2-20-9-4-3-8(7-9)16-13-11(17(18)19)6-5-10(14)12(13)15/h5-6,8-9,16H,2-4,7H2,1H3. The van der Waals surface area contributed by atoms with Crippen LogP contribution in [0.4, 0.5) is 20.2 Å². The highest BCUT2D eigenvalue weighted by molar-refractivity contribution is 7.99. The van der Waals surface area contributed by atoms with Crippen LogP contribution < -0.4 is 5.32 Å². The van der Waals surface area contributed by atoms with Crippen LogP contribution in [-0.4, -0.2) is 22.0 Å². The number of nitrogens with zero attached hydrogens (tertiary/aromatic N) is 1. The Labute approximate surface area is 120 Å². The number of nitro groups is 1. The molecule has 1 aliphatic rings. The molecular formula is C13H16F2N2O2S. The molecule has 2 rings (SSSR count). The van der Waals surface area contributed by atoms with Crippen LogP contribution in [0.1, 0.15) is 26.2 Å². The van der Waals surface area contributed by atoms with Crippen molar-refractivity contribution in [2.24, 2.45) is 0 Å². The van der Waals surface area contributed by atoms with Gasteiger partial charge in [-0.15, -0.1) is 0 Å². The van der Waals surface area contributed by atoms with Crippen molar-refractivity contribution < 1.29 is 13.7 Å². The van der Waals surface area contributed by atoms with E-state index in [1.165, 1.54) is 0 Å². The molecule has 7 heteroatoms. The second kappa shape index (κ2) is 6.39. The number of benzene rings is 1. The smallest absolute Gasteiger partial charge is 0.295 e. The minimum absolute atomic E-state index is 0.0472. The van der Waals surface area contributed by atoms with Crippen molar-refractivity contribution in [3.05, 3.63) is 33.9 Å². The Bertz CT molecular complexity index is 513. The molecule has 1 aliphatic carbocycles. The predicted molar refractivity (Wildman–Crippen MR) is 76.2 cm³/mol. The summed E-state index contributed by atoms with van der Waals surface area (Å²) in [5, 5.41) is 14.2. The van der Waals surface area contributed by atoms with Gasteiger partial charge in [0.2, 0.25) is 0 Å². The molecule has 0 aliphatic heterocycles. The first-order chi connectivity index (χ1) is 9.52. The molecule has 1 saturated carbocycles. The molecule has 0 spiro atoms. The Balaban J connectivity index is 2.17. The van der Waals surface area contributed by atoms with E-state index in [0.717, 1.165) is 37.1 Å². The molecule has 2 unspecified atom stereocenters. The number of nitrogens with one attached hydrogen (secondary N) is 1. The first kappa shape index (κ1) is 15.0. The fraction of sp³-hybridized carbons (Fsp3) is 0.538. The van der Waals surface area contributed by atoms with E-state index < -0.39 is 22.2 Å². The monoisotopic (exact) mass is 302 g/mol. The van der Waals surface area contributed by atoms with Gasteiger partial charge in [-0.3, -0.25) is 10.1 Å². The fourth-order valence-electron chi connectivity index (χ4n) is 2.49. The van der Waals surface area contributed by atoms with Crippen LogP contribution in [0.3, 0.4) is 0 Å². The molecule has 0 aromatic heterocycles. The molecular weight excluding hydrogens is 286 g/mol. The number of nitro benzene ring substituents is 1. The predicted octanol–water partition coefficient (Wildman–Crippen LogP) is 3.96. The van der Waals surface area contributed by atoms with E-state index in [1.807, 2.05) is 11.8 Å². The average Bonchev–Trinajstić information content (AvgIpc) is 2.83. The molecule has 1 aromatic carbocycles. The highest BCUT2D eigenvalue weighted by atomic mass is 32.2. The topological polar surface area (TPSA) is 55.2 Å². The average molecular weight is 302 g/mol. The minimum Gasteiger partial charge on any atom is -0.374 e. The zero-order chi connectivity index (χ0) is 14.7. The summed E-state index contributed by atoms with van der Waals surface area (Å²) in [7, 11) is 0. The second-order valence-corrected chi connectivity index (χ2v) is 6.32. The number of rotatable bonds is 5. The third-order valence-electron chi connectivity index (χ3n) is 3.40. The van der Waals surface area contributed by atoms with Gasteiger partial charge in [-0.1, -0.05) is 6.92 Å². The lowest BCUT2D eigenvalue weighted by Crippen LogP contribution is -2.18. The van der Waals surface area contributed by atoms with Crippen molar-refractivity contribution in [2.75, 3.05) is 11.1 Å². The number of halogens is 2. The Morgan fingerprint density at radius 2 is 2.20 bits per heavy atom. The number of hydrogen-bond acceptors (Lipinski definition) is 4. The van der Waals surface area contributed by atoms with Gasteiger partial charge in [0.05, 0.1) is 4.92 Å². The second-order valence-electron chi connectivity index (χ2n) is 4.74. The lowest BCUT2D eigenvalue weighted by atomic mass is 10.2. The zero-order valence-electron chi connectivity index (χ0n) is 11.1. The summed E-state index contributed by atoms with van der Waals surface area (Å²) in [4.78, 5) is 10.2. The van der Waals surface area contributed by atoms with E-state index in [2.05, 4.69) is 12.2 Å². The first-order valence-corrected chi connectivity index (χ1v) is 7.58. The van der Waals surface area contributed by atoms with Crippen molar-refractivity contribution in [3.63, 3.8) is 0 Å². The largest absolute Gasteiger partial charge is 0.374 e. The van der Waals surface area contributed by atoms with E-state index in [-0.39, 0.29) is 11.7 Å². The maximum absolute atomic E-state index is 13.8. The quantitative estimate of drug-likeness (QED) is 0.661. The van der Waals surface area contributed by atoms with Crippen molar-refractivity contribution in [1.29, 1.82) is 0 Å². The summed E-state index contributed by atoms with van der Waals surface area (Å²) in [6.45, 7) is 2.07. The van der Waals surface area contributed by atoms with Gasteiger partial charge in [-0.2, -0.15) is 11.8 Å². The Kier molecular flexibility index (Phi) is 4.80. The van der Waals surface area contributed by atoms with Crippen LogP contribution in [0, 0.1) is 21.7 Å². The van der Waals surface area contributed by atoms with Crippen LogP contribution >= 0.6 is 11.8 Å².